The van der Waals surface area contributed by atoms with Crippen LogP contribution in [0.2, 0.25) is 0 Å². The molecule has 1 heteroatoms. The van der Waals surface area contributed by atoms with Crippen LogP contribution < -0.4 is 0 Å². The van der Waals surface area contributed by atoms with Gasteiger partial charge in [-0.2, -0.15) is 0 Å². The molecule has 0 rings (SSSR count). The quantitative estimate of drug-likeness (QED) is 0.313. The summed E-state index contributed by atoms with van der Waals surface area (Å²) in [6, 6.07) is 0. The van der Waals surface area contributed by atoms with Gasteiger partial charge in [-0.1, -0.05) is 0 Å². The third-order valence-electron chi connectivity index (χ3n) is 0. The SMILES string of the molecule is C#C.C[S+](C)C. The topological polar surface area (TPSA) is 0 Å². The zero-order chi connectivity index (χ0) is 5.58. The van der Waals surface area contributed by atoms with Gasteiger partial charge < -0.3 is 0 Å². The molecule has 0 spiro atoms. The molecule has 0 nitrogen and oxygen atoms in total. The van der Waals surface area contributed by atoms with Crippen LogP contribution in [0.3, 0.4) is 0 Å². The molecule has 0 aliphatic rings. The molecule has 0 amide bonds. The first-order valence-electron chi connectivity index (χ1n) is 1.56. The van der Waals surface area contributed by atoms with Crippen molar-refractivity contribution in [2.45, 2.75) is 0 Å². The van der Waals surface area contributed by atoms with Gasteiger partial charge in [-0.25, -0.2) is 0 Å². The molecule has 0 aliphatic heterocycles. The van der Waals surface area contributed by atoms with Crippen molar-refractivity contribution in [1.29, 1.82) is 0 Å². The van der Waals surface area contributed by atoms with Gasteiger partial charge in [0, 0.05) is 0 Å². The van der Waals surface area contributed by atoms with E-state index in [0.717, 1.165) is 0 Å². The summed E-state index contributed by atoms with van der Waals surface area (Å²) < 4.78 is 0. The molecule has 0 unspecified atom stereocenters. The second-order valence-electron chi connectivity index (χ2n) is 1.22. The van der Waals surface area contributed by atoms with Crippen molar-refractivity contribution in [3.63, 3.8) is 0 Å². The van der Waals surface area contributed by atoms with E-state index >= 15 is 0 Å². The van der Waals surface area contributed by atoms with Crippen LogP contribution in [-0.4, -0.2) is 18.8 Å². The van der Waals surface area contributed by atoms with E-state index in [2.05, 4.69) is 31.6 Å². The fraction of sp³-hybridized carbons (Fsp3) is 0.600. The zero-order valence-electron chi connectivity index (χ0n) is 4.56. The standard InChI is InChI=1S/C3H9S.C2H2/c1-4(2)3;1-2/h1-3H3;1-2H/q+1;. The molecule has 0 heterocycles. The maximum atomic E-state index is 4.00. The number of hydrogen-bond acceptors (Lipinski definition) is 0. The molecule has 0 aliphatic carbocycles. The lowest BCUT2D eigenvalue weighted by molar-refractivity contribution is 2.18. The lowest BCUT2D eigenvalue weighted by Gasteiger charge is -1.69. The smallest absolute Gasteiger partial charge is 0.0969 e. The molecule has 0 aromatic rings. The molecular formula is C5H11S+. The Morgan fingerprint density at radius 1 is 1.00 bits per heavy atom. The molecule has 0 aromatic heterocycles. The van der Waals surface area contributed by atoms with Crippen LogP contribution >= 0.6 is 0 Å². The van der Waals surface area contributed by atoms with Crippen molar-refractivity contribution in [1.82, 2.24) is 0 Å². The van der Waals surface area contributed by atoms with Gasteiger partial charge in [0.1, 0.15) is 0 Å². The van der Waals surface area contributed by atoms with E-state index in [-0.39, 0.29) is 0 Å². The van der Waals surface area contributed by atoms with E-state index in [4.69, 9.17) is 0 Å². The fourth-order valence-corrected chi connectivity index (χ4v) is 0. The monoisotopic (exact) mass is 103 g/mol. The maximum absolute atomic E-state index is 4.00. The number of rotatable bonds is 0. The molecule has 6 heavy (non-hydrogen) atoms. The van der Waals surface area contributed by atoms with Gasteiger partial charge in [0.25, 0.3) is 0 Å². The van der Waals surface area contributed by atoms with Crippen LogP contribution in [0.4, 0.5) is 0 Å². The van der Waals surface area contributed by atoms with Crippen LogP contribution in [0.15, 0.2) is 0 Å². The predicted molar refractivity (Wildman–Crippen MR) is 35.0 cm³/mol. The first kappa shape index (κ1) is 9.32. The molecule has 0 radical (unpaired) electrons. The molecule has 36 valence electrons. The van der Waals surface area contributed by atoms with Crippen molar-refractivity contribution in [2.75, 3.05) is 18.8 Å². The zero-order valence-corrected chi connectivity index (χ0v) is 5.38. The number of terminal acetylenes is 1. The Hall–Kier alpha value is -0.0900. The van der Waals surface area contributed by atoms with Gasteiger partial charge in [0.2, 0.25) is 0 Å². The molecule has 0 bridgehead atoms. The first-order chi connectivity index (χ1) is 2.73. The molecule has 0 saturated carbocycles. The van der Waals surface area contributed by atoms with Gasteiger partial charge in [0.05, 0.1) is 18.8 Å². The average Bonchev–Trinajstić information content (AvgIpc) is 1.41. The Bertz CT molecular complexity index is 25.4. The molecule has 0 fully saturated rings. The fourth-order valence-electron chi connectivity index (χ4n) is 0. The molecule has 0 atom stereocenters. The summed E-state index contributed by atoms with van der Waals surface area (Å²) in [7, 11) is 0.639. The van der Waals surface area contributed by atoms with Gasteiger partial charge in [-0.3, -0.25) is 0 Å². The highest BCUT2D eigenvalue weighted by Gasteiger charge is 1.77. The third-order valence-corrected chi connectivity index (χ3v) is 0. The summed E-state index contributed by atoms with van der Waals surface area (Å²) in [4.78, 5) is 0. The summed E-state index contributed by atoms with van der Waals surface area (Å²) in [6.45, 7) is 0. The second kappa shape index (κ2) is 8.86. The Balaban J connectivity index is 0. The highest BCUT2D eigenvalue weighted by atomic mass is 32.2. The van der Waals surface area contributed by atoms with Crippen molar-refractivity contribution >= 4 is 10.9 Å². The van der Waals surface area contributed by atoms with E-state index in [1.54, 1.807) is 0 Å². The first-order valence-corrected chi connectivity index (χ1v) is 4.01. The highest BCUT2D eigenvalue weighted by Crippen LogP contribution is 1.63. The molecule has 0 N–H and O–H groups in total. The minimum atomic E-state index is 0.639. The molecule has 0 saturated heterocycles. The predicted octanol–water partition coefficient (Wildman–Crippen LogP) is 0.743. The van der Waals surface area contributed by atoms with Gasteiger partial charge >= 0.3 is 0 Å². The average molecular weight is 103 g/mol. The Labute approximate surface area is 43.3 Å². The van der Waals surface area contributed by atoms with Crippen LogP contribution in [0, 0.1) is 12.8 Å². The van der Waals surface area contributed by atoms with Crippen LogP contribution in [0.1, 0.15) is 0 Å². The van der Waals surface area contributed by atoms with Crippen molar-refractivity contribution in [3.8, 4) is 12.8 Å². The molecular weight excluding hydrogens is 92.1 g/mol. The second-order valence-corrected chi connectivity index (χ2v) is 3.67. The summed E-state index contributed by atoms with van der Waals surface area (Å²) in [6.07, 6.45) is 14.6. The Morgan fingerprint density at radius 3 is 1.00 bits per heavy atom. The van der Waals surface area contributed by atoms with E-state index in [1.165, 1.54) is 0 Å². The van der Waals surface area contributed by atoms with E-state index in [1.807, 2.05) is 0 Å². The highest BCUT2D eigenvalue weighted by molar-refractivity contribution is 7.94. The summed E-state index contributed by atoms with van der Waals surface area (Å²) in [5.74, 6) is 0. The normalized spacial score (nSPS) is 6.33. The summed E-state index contributed by atoms with van der Waals surface area (Å²) in [5.41, 5.74) is 0. The number of hydrogen-bond donors (Lipinski definition) is 0. The minimum absolute atomic E-state index is 0.639. The van der Waals surface area contributed by atoms with E-state index in [9.17, 15) is 0 Å². The van der Waals surface area contributed by atoms with Crippen LogP contribution in [0.5, 0.6) is 0 Å². The van der Waals surface area contributed by atoms with Crippen molar-refractivity contribution in [3.05, 3.63) is 0 Å². The Kier molecular flexibility index (Phi) is 13.8. The lowest BCUT2D eigenvalue weighted by Crippen LogP contribution is -1.84. The third kappa shape index (κ3) is 4090. The van der Waals surface area contributed by atoms with Gasteiger partial charge in [0.15, 0.2) is 0 Å². The lowest BCUT2D eigenvalue weighted by atomic mass is 11.4. The van der Waals surface area contributed by atoms with Crippen LogP contribution in [-0.2, 0) is 10.9 Å². The maximum Gasteiger partial charge on any atom is 0.0969 e. The van der Waals surface area contributed by atoms with Crippen LogP contribution in [0.25, 0.3) is 0 Å². The van der Waals surface area contributed by atoms with Gasteiger partial charge in [-0.05, 0) is 10.9 Å². The van der Waals surface area contributed by atoms with Crippen molar-refractivity contribution < 1.29 is 0 Å². The summed E-state index contributed by atoms with van der Waals surface area (Å²) in [5, 5.41) is 0. The largest absolute Gasteiger partial charge is 0.124 e. The summed E-state index contributed by atoms with van der Waals surface area (Å²) >= 11 is 0. The van der Waals surface area contributed by atoms with Crippen molar-refractivity contribution in [2.24, 2.45) is 0 Å². The Morgan fingerprint density at radius 2 is 1.00 bits per heavy atom. The minimum Gasteiger partial charge on any atom is -0.124 e. The molecule has 0 aromatic carbocycles. The van der Waals surface area contributed by atoms with E-state index in [0.29, 0.717) is 10.9 Å². The van der Waals surface area contributed by atoms with Gasteiger partial charge in [-0.15, -0.1) is 12.8 Å². The van der Waals surface area contributed by atoms with E-state index < -0.39 is 0 Å².